The topological polar surface area (TPSA) is 12.9 Å². The van der Waals surface area contributed by atoms with Crippen molar-refractivity contribution in [1.82, 2.24) is 4.37 Å². The minimum absolute atomic E-state index is 0.763. The Bertz CT molecular complexity index is 664. The summed E-state index contributed by atoms with van der Waals surface area (Å²) in [6.07, 6.45) is 2.07. The van der Waals surface area contributed by atoms with Crippen LogP contribution in [0.2, 0.25) is 5.02 Å². The molecule has 0 bridgehead atoms. The summed E-state index contributed by atoms with van der Waals surface area (Å²) < 4.78 is 64.9. The van der Waals surface area contributed by atoms with Gasteiger partial charge >= 0.3 is 36.1 Å². The van der Waals surface area contributed by atoms with Crippen LogP contribution in [0, 0.1) is 3.14 Å². The van der Waals surface area contributed by atoms with E-state index >= 15 is 0 Å². The SMILES string of the molecule is C[S+]=c1snc(-c2ccc(Cl)cc2)s1.F[P-](F)(F)(F)(F)F. The van der Waals surface area contributed by atoms with Gasteiger partial charge in [-0.2, -0.15) is 4.37 Å². The van der Waals surface area contributed by atoms with Gasteiger partial charge in [-0.15, -0.1) is 0 Å². The predicted molar refractivity (Wildman–Crippen MR) is 80.5 cm³/mol. The van der Waals surface area contributed by atoms with Gasteiger partial charge in [0.25, 0.3) is 0 Å². The number of aromatic nitrogens is 1. The molecule has 1 heterocycles. The molecule has 2 aromatic rings. The van der Waals surface area contributed by atoms with E-state index in [1.807, 2.05) is 24.3 Å². The summed E-state index contributed by atoms with van der Waals surface area (Å²) in [6.45, 7) is 0. The summed E-state index contributed by atoms with van der Waals surface area (Å²) in [6, 6.07) is 7.78. The number of nitrogens with zero attached hydrogens (tertiary/aromatic N) is 1. The summed E-state index contributed by atoms with van der Waals surface area (Å²) in [4.78, 5) is 0. The zero-order valence-electron chi connectivity index (χ0n) is 10.1. The Balaban J connectivity index is 0.000000270. The monoisotopic (exact) mass is 405 g/mol. The molecule has 0 N–H and O–H groups in total. The molecule has 1 aromatic heterocycles. The molecule has 0 aliphatic rings. The summed E-state index contributed by atoms with van der Waals surface area (Å²) in [5.74, 6) is 0. The van der Waals surface area contributed by atoms with Crippen molar-refractivity contribution in [3.8, 4) is 10.6 Å². The van der Waals surface area contributed by atoms with Crippen LogP contribution in [0.5, 0.6) is 0 Å². The van der Waals surface area contributed by atoms with Crippen LogP contribution in [0.4, 0.5) is 25.2 Å². The zero-order chi connectivity index (χ0) is 16.4. The van der Waals surface area contributed by atoms with Gasteiger partial charge in [-0.05, 0) is 23.5 Å². The molecule has 0 spiro atoms. The van der Waals surface area contributed by atoms with Crippen molar-refractivity contribution in [2.45, 2.75) is 0 Å². The number of hydrogen-bond donors (Lipinski definition) is 0. The molecule has 0 radical (unpaired) electrons. The van der Waals surface area contributed by atoms with Gasteiger partial charge in [-0.3, -0.25) is 0 Å². The van der Waals surface area contributed by atoms with E-state index in [0.29, 0.717) is 0 Å². The van der Waals surface area contributed by atoms with Crippen molar-refractivity contribution >= 4 is 53.6 Å². The van der Waals surface area contributed by atoms with E-state index in [-0.39, 0.29) is 0 Å². The number of halogens is 7. The normalized spacial score (nSPS) is 15.7. The average Bonchev–Trinajstić information content (AvgIpc) is 2.74. The molecule has 0 amide bonds. The molecule has 0 fully saturated rings. The first kappa shape index (κ1) is 18.8. The summed E-state index contributed by atoms with van der Waals surface area (Å²) in [5.41, 5.74) is 1.14. The fraction of sp³-hybridized carbons (Fsp3) is 0.111. The molecule has 120 valence electrons. The Morgan fingerprint density at radius 3 is 1.90 bits per heavy atom. The van der Waals surface area contributed by atoms with Crippen molar-refractivity contribution in [2.24, 2.45) is 0 Å². The van der Waals surface area contributed by atoms with Crippen LogP contribution in [-0.4, -0.2) is 10.6 Å². The number of benzene rings is 1. The Labute approximate surface area is 132 Å². The standard InChI is InChI=1S/C9H7ClNS3.F6P/c1-12-9-13-8(11-14-9)6-2-4-7(10)5-3-6;1-7(2,3,4,5)6/h2-5H,1H3;/q+1;-1. The third kappa shape index (κ3) is 10.1. The maximum atomic E-state index is 9.87. The summed E-state index contributed by atoms with van der Waals surface area (Å²) in [5, 5.41) is 1.83. The first-order valence-electron chi connectivity index (χ1n) is 4.91. The minimum atomic E-state index is -10.7. The maximum absolute atomic E-state index is 10.7. The van der Waals surface area contributed by atoms with Crippen LogP contribution in [0.15, 0.2) is 24.3 Å². The first-order valence-corrected chi connectivity index (χ1v) is 10.1. The molecule has 0 saturated heterocycles. The van der Waals surface area contributed by atoms with Gasteiger partial charge in [0.05, 0.1) is 0 Å². The van der Waals surface area contributed by atoms with E-state index in [1.165, 1.54) is 3.14 Å². The molecule has 0 aliphatic carbocycles. The van der Waals surface area contributed by atoms with E-state index in [9.17, 15) is 25.2 Å². The molecule has 0 aliphatic heterocycles. The fourth-order valence-corrected chi connectivity index (χ4v) is 3.52. The Morgan fingerprint density at radius 2 is 1.52 bits per heavy atom. The van der Waals surface area contributed by atoms with E-state index in [2.05, 4.69) is 10.6 Å². The zero-order valence-corrected chi connectivity index (χ0v) is 14.2. The Hall–Kier alpha value is -0.280. The van der Waals surface area contributed by atoms with Crippen molar-refractivity contribution in [1.29, 1.82) is 0 Å². The van der Waals surface area contributed by atoms with Crippen LogP contribution in [-0.2, 0) is 11.4 Å². The van der Waals surface area contributed by atoms with Crippen LogP contribution in [0.1, 0.15) is 0 Å². The van der Waals surface area contributed by atoms with Gasteiger partial charge in [0, 0.05) is 22.1 Å². The molecule has 0 saturated carbocycles. The molecule has 1 nitrogen and oxygen atoms in total. The Morgan fingerprint density at radius 1 is 1.05 bits per heavy atom. The van der Waals surface area contributed by atoms with Gasteiger partial charge in [0.15, 0.2) is 6.26 Å². The van der Waals surface area contributed by atoms with E-state index < -0.39 is 7.81 Å². The molecular formula is C9H7ClF6NPS3. The van der Waals surface area contributed by atoms with E-state index in [1.54, 1.807) is 34.2 Å². The summed E-state index contributed by atoms with van der Waals surface area (Å²) in [7, 11) is -10.7. The van der Waals surface area contributed by atoms with Crippen molar-refractivity contribution in [3.05, 3.63) is 32.4 Å². The van der Waals surface area contributed by atoms with Gasteiger partial charge in [0.2, 0.25) is 11.4 Å². The predicted octanol–water partition coefficient (Wildman–Crippen LogP) is 7.15. The van der Waals surface area contributed by atoms with Crippen LogP contribution in [0.3, 0.4) is 0 Å². The molecule has 1 aromatic carbocycles. The second-order valence-corrected chi connectivity index (χ2v) is 9.23. The fourth-order valence-electron chi connectivity index (χ4n) is 0.978. The van der Waals surface area contributed by atoms with E-state index in [0.717, 1.165) is 15.6 Å². The molecule has 12 heteroatoms. The van der Waals surface area contributed by atoms with E-state index in [4.69, 9.17) is 11.6 Å². The van der Waals surface area contributed by atoms with Crippen molar-refractivity contribution in [3.63, 3.8) is 0 Å². The van der Waals surface area contributed by atoms with Crippen molar-refractivity contribution < 1.29 is 25.2 Å². The van der Waals surface area contributed by atoms with Crippen LogP contribution < -0.4 is 0 Å². The third-order valence-electron chi connectivity index (χ3n) is 1.64. The second kappa shape index (κ2) is 5.73. The molecule has 0 atom stereocenters. The van der Waals surface area contributed by atoms with Gasteiger partial charge < -0.3 is 0 Å². The average molecular weight is 406 g/mol. The second-order valence-electron chi connectivity index (χ2n) is 3.51. The van der Waals surface area contributed by atoms with Crippen LogP contribution >= 0.6 is 42.3 Å². The number of hydrogen-bond acceptors (Lipinski definition) is 3. The molecule has 21 heavy (non-hydrogen) atoms. The first-order chi connectivity index (χ1) is 9.24. The van der Waals surface area contributed by atoms with Gasteiger partial charge in [0.1, 0.15) is 5.01 Å². The molecule has 0 unspecified atom stereocenters. The van der Waals surface area contributed by atoms with Gasteiger partial charge in [-0.1, -0.05) is 23.7 Å². The quantitative estimate of drug-likeness (QED) is 0.212. The van der Waals surface area contributed by atoms with Gasteiger partial charge in [-0.25, -0.2) is 0 Å². The number of rotatable bonds is 1. The third-order valence-corrected chi connectivity index (χ3v) is 5.40. The van der Waals surface area contributed by atoms with Crippen LogP contribution in [0.25, 0.3) is 10.6 Å². The Kier molecular flexibility index (Phi) is 5.12. The molecule has 2 rings (SSSR count). The molecular weight excluding hydrogens is 399 g/mol. The summed E-state index contributed by atoms with van der Waals surface area (Å²) >= 11 is 10.8. The van der Waals surface area contributed by atoms with Crippen molar-refractivity contribution in [2.75, 3.05) is 6.26 Å².